The molecule has 1 atom stereocenters. The van der Waals surface area contributed by atoms with Crippen LogP contribution in [0.5, 0.6) is 0 Å². The number of hydrogen-bond donors (Lipinski definition) is 2. The number of benzene rings is 1. The van der Waals surface area contributed by atoms with Gasteiger partial charge in [-0.3, -0.25) is 0 Å². The van der Waals surface area contributed by atoms with Gasteiger partial charge in [-0.25, -0.2) is 8.78 Å². The van der Waals surface area contributed by atoms with Gasteiger partial charge in [0.2, 0.25) is 0 Å². The van der Waals surface area contributed by atoms with Crippen LogP contribution in [0.1, 0.15) is 12.5 Å². The van der Waals surface area contributed by atoms with E-state index < -0.39 is 17.7 Å². The van der Waals surface area contributed by atoms with E-state index in [1.165, 1.54) is 12.1 Å². The number of aliphatic hydroxyl groups excluding tert-OH is 1. The Balaban J connectivity index is 2.21. The maximum Gasteiger partial charge on any atom is 0.126 e. The zero-order valence-electron chi connectivity index (χ0n) is 10.5. The quantitative estimate of drug-likeness (QED) is 0.695. The lowest BCUT2D eigenvalue weighted by atomic mass is 10.1. The van der Waals surface area contributed by atoms with Crippen LogP contribution in [0.2, 0.25) is 0 Å². The van der Waals surface area contributed by atoms with Crippen molar-refractivity contribution in [1.29, 1.82) is 0 Å². The highest BCUT2D eigenvalue weighted by atomic mass is 19.1. The molecule has 0 fully saturated rings. The zero-order valence-corrected chi connectivity index (χ0v) is 10.5. The minimum Gasteiger partial charge on any atom is -0.389 e. The first-order valence-corrected chi connectivity index (χ1v) is 6.03. The van der Waals surface area contributed by atoms with Gasteiger partial charge < -0.3 is 15.2 Å². The number of hydrogen-bond acceptors (Lipinski definition) is 3. The molecular weight excluding hydrogens is 240 g/mol. The predicted molar refractivity (Wildman–Crippen MR) is 65.4 cm³/mol. The van der Waals surface area contributed by atoms with Gasteiger partial charge >= 0.3 is 0 Å². The van der Waals surface area contributed by atoms with Gasteiger partial charge in [-0.1, -0.05) is 0 Å². The minimum atomic E-state index is -0.568. The average molecular weight is 259 g/mol. The normalized spacial score (nSPS) is 12.7. The third kappa shape index (κ3) is 6.05. The summed E-state index contributed by atoms with van der Waals surface area (Å²) in [5, 5.41) is 12.5. The Hall–Kier alpha value is -1.04. The molecule has 18 heavy (non-hydrogen) atoms. The Labute approximate surface area is 106 Å². The highest BCUT2D eigenvalue weighted by Crippen LogP contribution is 2.07. The summed E-state index contributed by atoms with van der Waals surface area (Å²) in [5.74, 6) is -1.14. The molecule has 5 heteroatoms. The molecule has 1 unspecified atom stereocenters. The Morgan fingerprint density at radius 2 is 1.94 bits per heavy atom. The van der Waals surface area contributed by atoms with Gasteiger partial charge in [-0.2, -0.15) is 0 Å². The second kappa shape index (κ2) is 8.13. The van der Waals surface area contributed by atoms with Gasteiger partial charge in [0.25, 0.3) is 0 Å². The molecular formula is C13H19F2NO2. The molecule has 0 aliphatic carbocycles. The van der Waals surface area contributed by atoms with Crippen LogP contribution in [0, 0.1) is 11.6 Å². The molecule has 0 aliphatic rings. The fourth-order valence-corrected chi connectivity index (χ4v) is 1.57. The van der Waals surface area contributed by atoms with Crippen molar-refractivity contribution < 1.29 is 18.6 Å². The van der Waals surface area contributed by atoms with E-state index in [9.17, 15) is 13.9 Å². The summed E-state index contributed by atoms with van der Waals surface area (Å²) in [6, 6.07) is 3.46. The van der Waals surface area contributed by atoms with Crippen molar-refractivity contribution in [2.45, 2.75) is 19.4 Å². The van der Waals surface area contributed by atoms with Crippen LogP contribution in [-0.4, -0.2) is 37.5 Å². The van der Waals surface area contributed by atoms with E-state index in [2.05, 4.69) is 5.32 Å². The highest BCUT2D eigenvalue weighted by Gasteiger charge is 2.04. The maximum atomic E-state index is 12.9. The van der Waals surface area contributed by atoms with E-state index in [4.69, 9.17) is 4.74 Å². The lowest BCUT2D eigenvalue weighted by molar-refractivity contribution is 0.0430. The largest absolute Gasteiger partial charge is 0.389 e. The third-order valence-electron chi connectivity index (χ3n) is 2.41. The number of ether oxygens (including phenoxy) is 1. The van der Waals surface area contributed by atoms with Crippen LogP contribution in [0.25, 0.3) is 0 Å². The van der Waals surface area contributed by atoms with Crippen molar-refractivity contribution in [3.05, 3.63) is 35.4 Å². The molecule has 2 N–H and O–H groups in total. The Morgan fingerprint density at radius 1 is 1.28 bits per heavy atom. The van der Waals surface area contributed by atoms with Crippen molar-refractivity contribution in [2.24, 2.45) is 0 Å². The van der Waals surface area contributed by atoms with E-state index in [1.54, 1.807) is 0 Å². The number of halogens is 2. The fourth-order valence-electron chi connectivity index (χ4n) is 1.57. The average Bonchev–Trinajstić information content (AvgIpc) is 2.31. The lowest BCUT2D eigenvalue weighted by Gasteiger charge is -2.11. The van der Waals surface area contributed by atoms with E-state index in [0.29, 0.717) is 31.7 Å². The van der Waals surface area contributed by atoms with Gasteiger partial charge in [-0.05, 0) is 37.6 Å². The number of nitrogens with one attached hydrogen (secondary N) is 1. The molecule has 1 aromatic carbocycles. The first-order chi connectivity index (χ1) is 8.61. The zero-order chi connectivity index (χ0) is 13.4. The smallest absolute Gasteiger partial charge is 0.126 e. The van der Waals surface area contributed by atoms with Gasteiger partial charge in [0.1, 0.15) is 11.6 Å². The van der Waals surface area contributed by atoms with Gasteiger partial charge in [-0.15, -0.1) is 0 Å². The standard InChI is InChI=1S/C13H19F2NO2/c1-2-18-9-13(17)8-16-4-3-10-5-11(14)7-12(15)6-10/h5-7,13,16-17H,2-4,8-9H2,1H3. The minimum absolute atomic E-state index is 0.290. The molecule has 0 radical (unpaired) electrons. The van der Waals surface area contributed by atoms with E-state index in [1.807, 2.05) is 6.92 Å². The van der Waals surface area contributed by atoms with E-state index >= 15 is 0 Å². The molecule has 0 bridgehead atoms. The van der Waals surface area contributed by atoms with Crippen molar-refractivity contribution >= 4 is 0 Å². The molecule has 0 heterocycles. The molecule has 0 amide bonds. The monoisotopic (exact) mass is 259 g/mol. The summed E-state index contributed by atoms with van der Waals surface area (Å²) < 4.78 is 30.8. The summed E-state index contributed by atoms with van der Waals surface area (Å²) in [6.07, 6.45) is -0.0510. The molecule has 1 rings (SSSR count). The van der Waals surface area contributed by atoms with Crippen LogP contribution in [0.15, 0.2) is 18.2 Å². The summed E-state index contributed by atoms with van der Waals surface area (Å²) in [7, 11) is 0. The van der Waals surface area contributed by atoms with E-state index in [0.717, 1.165) is 6.07 Å². The van der Waals surface area contributed by atoms with Crippen LogP contribution in [0.3, 0.4) is 0 Å². The van der Waals surface area contributed by atoms with Gasteiger partial charge in [0, 0.05) is 19.2 Å². The molecule has 0 aromatic heterocycles. The predicted octanol–water partition coefficient (Wildman–Crippen LogP) is 1.49. The third-order valence-corrected chi connectivity index (χ3v) is 2.41. The first kappa shape index (κ1) is 15.0. The summed E-state index contributed by atoms with van der Waals surface area (Å²) >= 11 is 0. The molecule has 0 aliphatic heterocycles. The van der Waals surface area contributed by atoms with Crippen LogP contribution in [-0.2, 0) is 11.2 Å². The van der Waals surface area contributed by atoms with Crippen molar-refractivity contribution in [3.8, 4) is 0 Å². The molecule has 102 valence electrons. The second-order valence-corrected chi connectivity index (χ2v) is 4.05. The highest BCUT2D eigenvalue weighted by molar-refractivity contribution is 5.18. The maximum absolute atomic E-state index is 12.9. The van der Waals surface area contributed by atoms with Gasteiger partial charge in [0.15, 0.2) is 0 Å². The van der Waals surface area contributed by atoms with Crippen LogP contribution >= 0.6 is 0 Å². The molecule has 1 aromatic rings. The SMILES string of the molecule is CCOCC(O)CNCCc1cc(F)cc(F)c1. The van der Waals surface area contributed by atoms with Crippen LogP contribution < -0.4 is 5.32 Å². The molecule has 0 spiro atoms. The van der Waals surface area contributed by atoms with Gasteiger partial charge in [0.05, 0.1) is 12.7 Å². The van der Waals surface area contributed by atoms with Crippen LogP contribution in [0.4, 0.5) is 8.78 Å². The fraction of sp³-hybridized carbons (Fsp3) is 0.538. The molecule has 0 saturated heterocycles. The Morgan fingerprint density at radius 3 is 2.56 bits per heavy atom. The van der Waals surface area contributed by atoms with Crippen molar-refractivity contribution in [3.63, 3.8) is 0 Å². The number of aliphatic hydroxyl groups is 1. The van der Waals surface area contributed by atoms with Crippen molar-refractivity contribution in [2.75, 3.05) is 26.3 Å². The summed E-state index contributed by atoms with van der Waals surface area (Å²) in [5.41, 5.74) is 0.597. The molecule has 3 nitrogen and oxygen atoms in total. The Bertz CT molecular complexity index is 341. The first-order valence-electron chi connectivity index (χ1n) is 6.03. The Kier molecular flexibility index (Phi) is 6.78. The summed E-state index contributed by atoms with van der Waals surface area (Å²) in [6.45, 7) is 3.67. The second-order valence-electron chi connectivity index (χ2n) is 4.05. The van der Waals surface area contributed by atoms with E-state index in [-0.39, 0.29) is 6.61 Å². The van der Waals surface area contributed by atoms with Crippen molar-refractivity contribution in [1.82, 2.24) is 5.32 Å². The number of rotatable bonds is 8. The molecule has 0 saturated carbocycles. The lowest BCUT2D eigenvalue weighted by Crippen LogP contribution is -2.31. The summed E-state index contributed by atoms with van der Waals surface area (Å²) in [4.78, 5) is 0. The topological polar surface area (TPSA) is 41.5 Å².